The van der Waals surface area contributed by atoms with Crippen LogP contribution in [-0.2, 0) is 21.2 Å². The molecule has 2 aromatic rings. The maximum Gasteiger partial charge on any atom is 0.251 e. The van der Waals surface area contributed by atoms with Crippen LogP contribution in [0, 0.1) is 5.82 Å². The molecule has 2 N–H and O–H groups in total. The fourth-order valence-electron chi connectivity index (χ4n) is 2.35. The number of carbonyl (C=O) groups excluding carboxylic acids is 2. The van der Waals surface area contributed by atoms with E-state index in [4.69, 9.17) is 0 Å². The van der Waals surface area contributed by atoms with Gasteiger partial charge in [0.05, 0.1) is 5.75 Å². The molecule has 1 atom stereocenters. The summed E-state index contributed by atoms with van der Waals surface area (Å²) in [7, 11) is -3.30. The molecule has 2 rings (SSSR count). The topological polar surface area (TPSA) is 92.3 Å². The highest BCUT2D eigenvalue weighted by Gasteiger charge is 2.22. The fourth-order valence-corrected chi connectivity index (χ4v) is 3.01. The van der Waals surface area contributed by atoms with Crippen molar-refractivity contribution < 1.29 is 22.4 Å². The number of benzene rings is 2. The SMILES string of the molecule is CS(=O)(=O)CCC(NC(=O)c1ccccc1)C(=O)NCc1ccc(F)cc1. The van der Waals surface area contributed by atoms with Gasteiger partial charge in [0.25, 0.3) is 5.91 Å². The summed E-state index contributed by atoms with van der Waals surface area (Å²) in [5.74, 6) is -1.60. The second-order valence-corrected chi connectivity index (χ2v) is 8.41. The Bertz CT molecular complexity index is 884. The standard InChI is InChI=1S/C19H21FN2O4S/c1-27(25,26)12-11-17(22-18(23)15-5-3-2-4-6-15)19(24)21-13-14-7-9-16(20)10-8-14/h2-10,17H,11-13H2,1H3,(H,21,24)(H,22,23). The monoisotopic (exact) mass is 392 g/mol. The van der Waals surface area contributed by atoms with Gasteiger partial charge in [0.15, 0.2) is 0 Å². The van der Waals surface area contributed by atoms with E-state index >= 15 is 0 Å². The third kappa shape index (κ3) is 7.18. The minimum absolute atomic E-state index is 0.0490. The predicted molar refractivity (Wildman–Crippen MR) is 100 cm³/mol. The van der Waals surface area contributed by atoms with E-state index in [1.54, 1.807) is 30.3 Å². The molecule has 0 saturated carbocycles. The van der Waals surface area contributed by atoms with Crippen molar-refractivity contribution in [2.24, 2.45) is 0 Å². The Labute approximate surface area is 157 Å². The Morgan fingerprint density at radius 1 is 1.04 bits per heavy atom. The van der Waals surface area contributed by atoms with Crippen LogP contribution in [0.15, 0.2) is 54.6 Å². The number of carbonyl (C=O) groups is 2. The summed E-state index contributed by atoms with van der Waals surface area (Å²) in [6, 6.07) is 12.9. The Kier molecular flexibility index (Phi) is 7.06. The van der Waals surface area contributed by atoms with Gasteiger partial charge in [-0.3, -0.25) is 9.59 Å². The molecule has 0 aliphatic carbocycles. The highest BCUT2D eigenvalue weighted by molar-refractivity contribution is 7.90. The summed E-state index contributed by atoms with van der Waals surface area (Å²) in [4.78, 5) is 24.8. The van der Waals surface area contributed by atoms with E-state index < -0.39 is 27.7 Å². The summed E-state index contributed by atoms with van der Waals surface area (Å²) in [6.07, 6.45) is 1.02. The molecule has 2 aromatic carbocycles. The van der Waals surface area contributed by atoms with Crippen molar-refractivity contribution in [2.75, 3.05) is 12.0 Å². The maximum absolute atomic E-state index is 12.9. The molecule has 6 nitrogen and oxygen atoms in total. The molecule has 0 saturated heterocycles. The smallest absolute Gasteiger partial charge is 0.251 e. The molecule has 0 aromatic heterocycles. The van der Waals surface area contributed by atoms with E-state index in [1.807, 2.05) is 0 Å². The van der Waals surface area contributed by atoms with Gasteiger partial charge in [-0.1, -0.05) is 30.3 Å². The summed E-state index contributed by atoms with van der Waals surface area (Å²) in [6.45, 7) is 0.135. The molecule has 0 spiro atoms. The number of nitrogens with one attached hydrogen (secondary N) is 2. The van der Waals surface area contributed by atoms with Crippen molar-refractivity contribution in [2.45, 2.75) is 19.0 Å². The third-order valence-corrected chi connectivity index (χ3v) is 4.79. The summed E-state index contributed by atoms with van der Waals surface area (Å²) in [5.41, 5.74) is 1.05. The van der Waals surface area contributed by atoms with E-state index in [2.05, 4.69) is 10.6 Å². The second kappa shape index (κ2) is 9.27. The lowest BCUT2D eigenvalue weighted by Gasteiger charge is -2.18. The largest absolute Gasteiger partial charge is 0.350 e. The van der Waals surface area contributed by atoms with Crippen LogP contribution in [0.1, 0.15) is 22.3 Å². The van der Waals surface area contributed by atoms with E-state index in [9.17, 15) is 22.4 Å². The molecule has 0 aliphatic rings. The van der Waals surface area contributed by atoms with Gasteiger partial charge >= 0.3 is 0 Å². The number of amides is 2. The van der Waals surface area contributed by atoms with E-state index in [-0.39, 0.29) is 24.5 Å². The normalized spacial score (nSPS) is 12.2. The van der Waals surface area contributed by atoms with E-state index in [0.29, 0.717) is 11.1 Å². The van der Waals surface area contributed by atoms with Gasteiger partial charge in [-0.15, -0.1) is 0 Å². The molecule has 27 heavy (non-hydrogen) atoms. The van der Waals surface area contributed by atoms with Crippen molar-refractivity contribution in [1.82, 2.24) is 10.6 Å². The quantitative estimate of drug-likeness (QED) is 0.715. The van der Waals surface area contributed by atoms with Crippen molar-refractivity contribution in [3.05, 3.63) is 71.5 Å². The molecule has 0 aliphatic heterocycles. The molecule has 1 unspecified atom stereocenters. The highest BCUT2D eigenvalue weighted by Crippen LogP contribution is 2.05. The van der Waals surface area contributed by atoms with Gasteiger partial charge in [-0.2, -0.15) is 0 Å². The number of sulfone groups is 1. The second-order valence-electron chi connectivity index (χ2n) is 6.15. The first kappa shape index (κ1) is 20.6. The average Bonchev–Trinajstić information content (AvgIpc) is 2.64. The first-order chi connectivity index (χ1) is 12.7. The third-order valence-electron chi connectivity index (χ3n) is 3.82. The Morgan fingerprint density at radius 3 is 2.26 bits per heavy atom. The van der Waals surface area contributed by atoms with Crippen LogP contribution in [0.25, 0.3) is 0 Å². The average molecular weight is 392 g/mol. The molecule has 8 heteroatoms. The van der Waals surface area contributed by atoms with Crippen LogP contribution < -0.4 is 10.6 Å². The minimum atomic E-state index is -3.30. The first-order valence-electron chi connectivity index (χ1n) is 8.30. The van der Waals surface area contributed by atoms with Gasteiger partial charge in [0.1, 0.15) is 21.7 Å². The van der Waals surface area contributed by atoms with Crippen molar-refractivity contribution in [3.8, 4) is 0 Å². The molecule has 144 valence electrons. The zero-order chi connectivity index (χ0) is 19.9. The zero-order valence-electron chi connectivity index (χ0n) is 14.8. The molecule has 0 bridgehead atoms. The molecule has 0 radical (unpaired) electrons. The number of halogens is 1. The molecule has 2 amide bonds. The van der Waals surface area contributed by atoms with E-state index in [0.717, 1.165) is 6.26 Å². The van der Waals surface area contributed by atoms with Crippen molar-refractivity contribution in [3.63, 3.8) is 0 Å². The predicted octanol–water partition coefficient (Wildman–Crippen LogP) is 1.68. The maximum atomic E-state index is 12.9. The van der Waals surface area contributed by atoms with Gasteiger partial charge in [-0.25, -0.2) is 12.8 Å². The lowest BCUT2D eigenvalue weighted by Crippen LogP contribution is -2.47. The van der Waals surface area contributed by atoms with Crippen molar-refractivity contribution >= 4 is 21.7 Å². The number of hydrogen-bond donors (Lipinski definition) is 2. The van der Waals surface area contributed by atoms with Crippen LogP contribution in [0.3, 0.4) is 0 Å². The van der Waals surface area contributed by atoms with Gasteiger partial charge in [0.2, 0.25) is 5.91 Å². The summed E-state index contributed by atoms with van der Waals surface area (Å²) >= 11 is 0. The van der Waals surface area contributed by atoms with Crippen LogP contribution in [0.4, 0.5) is 4.39 Å². The lowest BCUT2D eigenvalue weighted by atomic mass is 10.1. The Hall–Kier alpha value is -2.74. The molecular weight excluding hydrogens is 371 g/mol. The van der Waals surface area contributed by atoms with Crippen LogP contribution in [0.2, 0.25) is 0 Å². The number of hydrogen-bond acceptors (Lipinski definition) is 4. The Morgan fingerprint density at radius 2 is 1.67 bits per heavy atom. The first-order valence-corrected chi connectivity index (χ1v) is 10.4. The van der Waals surface area contributed by atoms with Crippen LogP contribution in [0.5, 0.6) is 0 Å². The molecule has 0 heterocycles. The minimum Gasteiger partial charge on any atom is -0.350 e. The van der Waals surface area contributed by atoms with Gasteiger partial charge in [-0.05, 0) is 36.2 Å². The fraction of sp³-hybridized carbons (Fsp3) is 0.263. The van der Waals surface area contributed by atoms with Gasteiger partial charge in [0, 0.05) is 18.4 Å². The highest BCUT2D eigenvalue weighted by atomic mass is 32.2. The van der Waals surface area contributed by atoms with E-state index in [1.165, 1.54) is 24.3 Å². The Balaban J connectivity index is 2.04. The van der Waals surface area contributed by atoms with Gasteiger partial charge < -0.3 is 10.6 Å². The molecule has 0 fully saturated rings. The summed E-state index contributed by atoms with van der Waals surface area (Å²) < 4.78 is 35.8. The van der Waals surface area contributed by atoms with Crippen LogP contribution in [-0.4, -0.2) is 38.3 Å². The number of rotatable bonds is 8. The van der Waals surface area contributed by atoms with Crippen molar-refractivity contribution in [1.29, 1.82) is 0 Å². The summed E-state index contributed by atoms with van der Waals surface area (Å²) in [5, 5.41) is 5.22. The molecular formula is C19H21FN2O4S. The zero-order valence-corrected chi connectivity index (χ0v) is 15.6. The lowest BCUT2D eigenvalue weighted by molar-refractivity contribution is -0.123. The van der Waals surface area contributed by atoms with Crippen LogP contribution >= 0.6 is 0 Å².